The molecule has 1 N–H and O–H groups in total. The molecule has 1 heterocycles. The Kier molecular flexibility index (Phi) is 5.31. The van der Waals surface area contributed by atoms with Crippen LogP contribution in [0.25, 0.3) is 0 Å². The summed E-state index contributed by atoms with van der Waals surface area (Å²) >= 11 is 12.1. The Morgan fingerprint density at radius 3 is 2.60 bits per heavy atom. The standard InChI is InChI=1S/C13H18Cl2N2O2S/c1-16-8-10-4-3-7-17(10)20(18,19)9-11-12(14)5-2-6-13(11)15/h2,5-6,10,16H,3-4,7-9H2,1H3. The van der Waals surface area contributed by atoms with Gasteiger partial charge in [0.1, 0.15) is 0 Å². The van der Waals surface area contributed by atoms with E-state index in [0.717, 1.165) is 12.8 Å². The number of hydrogen-bond donors (Lipinski definition) is 1. The van der Waals surface area contributed by atoms with Gasteiger partial charge < -0.3 is 5.32 Å². The number of benzene rings is 1. The van der Waals surface area contributed by atoms with Crippen LogP contribution in [0.3, 0.4) is 0 Å². The highest BCUT2D eigenvalue weighted by atomic mass is 35.5. The van der Waals surface area contributed by atoms with Crippen LogP contribution in [0.2, 0.25) is 10.0 Å². The lowest BCUT2D eigenvalue weighted by atomic mass is 10.2. The van der Waals surface area contributed by atoms with E-state index in [1.54, 1.807) is 22.5 Å². The maximum atomic E-state index is 12.6. The maximum Gasteiger partial charge on any atom is 0.218 e. The first kappa shape index (κ1) is 16.0. The van der Waals surface area contributed by atoms with Crippen molar-refractivity contribution in [3.63, 3.8) is 0 Å². The van der Waals surface area contributed by atoms with Crippen molar-refractivity contribution in [2.45, 2.75) is 24.6 Å². The molecule has 0 saturated carbocycles. The summed E-state index contributed by atoms with van der Waals surface area (Å²) in [5, 5.41) is 3.83. The minimum Gasteiger partial charge on any atom is -0.318 e. The highest BCUT2D eigenvalue weighted by molar-refractivity contribution is 7.88. The molecule has 1 aromatic carbocycles. The average molecular weight is 337 g/mol. The Bertz CT molecular complexity index is 557. The normalized spacial score (nSPS) is 20.4. The Balaban J connectivity index is 2.23. The van der Waals surface area contributed by atoms with Gasteiger partial charge >= 0.3 is 0 Å². The molecule has 0 radical (unpaired) electrons. The molecule has 1 atom stereocenters. The van der Waals surface area contributed by atoms with Crippen molar-refractivity contribution in [1.82, 2.24) is 9.62 Å². The molecule has 0 spiro atoms. The lowest BCUT2D eigenvalue weighted by Crippen LogP contribution is -2.41. The van der Waals surface area contributed by atoms with Gasteiger partial charge in [-0.1, -0.05) is 29.3 Å². The van der Waals surface area contributed by atoms with E-state index < -0.39 is 10.0 Å². The third-order valence-corrected chi connectivity index (χ3v) is 6.07. The SMILES string of the molecule is CNCC1CCCN1S(=O)(=O)Cc1c(Cl)cccc1Cl. The van der Waals surface area contributed by atoms with Crippen molar-refractivity contribution < 1.29 is 8.42 Å². The molecular weight excluding hydrogens is 319 g/mol. The number of rotatable bonds is 5. The number of sulfonamides is 1. The van der Waals surface area contributed by atoms with E-state index in [9.17, 15) is 8.42 Å². The van der Waals surface area contributed by atoms with Crippen LogP contribution in [-0.4, -0.2) is 38.9 Å². The van der Waals surface area contributed by atoms with Gasteiger partial charge in [0, 0.05) is 34.7 Å². The highest BCUT2D eigenvalue weighted by Gasteiger charge is 2.34. The zero-order valence-corrected chi connectivity index (χ0v) is 13.6. The first-order valence-corrected chi connectivity index (χ1v) is 8.89. The fraction of sp³-hybridized carbons (Fsp3) is 0.538. The van der Waals surface area contributed by atoms with E-state index in [0.29, 0.717) is 28.7 Å². The molecule has 0 aliphatic carbocycles. The van der Waals surface area contributed by atoms with Gasteiger partial charge in [-0.25, -0.2) is 8.42 Å². The number of hydrogen-bond acceptors (Lipinski definition) is 3. The summed E-state index contributed by atoms with van der Waals surface area (Å²) in [7, 11) is -1.58. The average Bonchev–Trinajstić information content (AvgIpc) is 2.84. The van der Waals surface area contributed by atoms with E-state index in [1.165, 1.54) is 0 Å². The highest BCUT2D eigenvalue weighted by Crippen LogP contribution is 2.29. The molecule has 1 aromatic rings. The summed E-state index contributed by atoms with van der Waals surface area (Å²) in [6.07, 6.45) is 1.78. The molecule has 0 amide bonds. The minimum atomic E-state index is -3.40. The van der Waals surface area contributed by atoms with Crippen LogP contribution in [0.4, 0.5) is 0 Å². The van der Waals surface area contributed by atoms with E-state index in [1.807, 2.05) is 7.05 Å². The Hall–Kier alpha value is -0.330. The number of nitrogens with zero attached hydrogens (tertiary/aromatic N) is 1. The van der Waals surface area contributed by atoms with Crippen molar-refractivity contribution in [2.24, 2.45) is 0 Å². The molecule has 20 heavy (non-hydrogen) atoms. The van der Waals surface area contributed by atoms with Crippen LogP contribution < -0.4 is 5.32 Å². The lowest BCUT2D eigenvalue weighted by Gasteiger charge is -2.24. The van der Waals surface area contributed by atoms with Crippen LogP contribution in [0.1, 0.15) is 18.4 Å². The fourth-order valence-corrected chi connectivity index (χ4v) is 5.12. The van der Waals surface area contributed by atoms with Gasteiger partial charge in [-0.3, -0.25) is 0 Å². The van der Waals surface area contributed by atoms with E-state index in [2.05, 4.69) is 5.32 Å². The molecular formula is C13H18Cl2N2O2S. The third kappa shape index (κ3) is 3.46. The summed E-state index contributed by atoms with van der Waals surface area (Å²) in [5.41, 5.74) is 0.478. The summed E-state index contributed by atoms with van der Waals surface area (Å²) in [6, 6.07) is 5.05. The van der Waals surface area contributed by atoms with Crippen molar-refractivity contribution in [3.8, 4) is 0 Å². The second-order valence-electron chi connectivity index (χ2n) is 4.92. The molecule has 1 unspecified atom stereocenters. The minimum absolute atomic E-state index is 0.0197. The molecule has 4 nitrogen and oxygen atoms in total. The van der Waals surface area contributed by atoms with Crippen LogP contribution >= 0.6 is 23.2 Å². The van der Waals surface area contributed by atoms with Gasteiger partial charge in [0.25, 0.3) is 0 Å². The van der Waals surface area contributed by atoms with Crippen LogP contribution in [-0.2, 0) is 15.8 Å². The summed E-state index contributed by atoms with van der Waals surface area (Å²) in [4.78, 5) is 0. The van der Waals surface area contributed by atoms with E-state index >= 15 is 0 Å². The molecule has 0 aromatic heterocycles. The van der Waals surface area contributed by atoms with Crippen LogP contribution in [0.15, 0.2) is 18.2 Å². The predicted molar refractivity (Wildman–Crippen MR) is 82.7 cm³/mol. The largest absolute Gasteiger partial charge is 0.318 e. The number of likely N-dealkylation sites (N-methyl/N-ethyl adjacent to an activating group) is 1. The van der Waals surface area contributed by atoms with Crippen molar-refractivity contribution >= 4 is 33.2 Å². The fourth-order valence-electron chi connectivity index (χ4n) is 2.55. The molecule has 112 valence electrons. The monoisotopic (exact) mass is 336 g/mol. The number of halogens is 2. The van der Waals surface area contributed by atoms with Crippen LogP contribution in [0.5, 0.6) is 0 Å². The second kappa shape index (κ2) is 6.62. The van der Waals surface area contributed by atoms with Gasteiger partial charge in [0.15, 0.2) is 0 Å². The van der Waals surface area contributed by atoms with Crippen molar-refractivity contribution in [1.29, 1.82) is 0 Å². The summed E-state index contributed by atoms with van der Waals surface area (Å²) in [6.45, 7) is 1.23. The summed E-state index contributed by atoms with van der Waals surface area (Å²) in [5.74, 6) is -0.147. The molecule has 1 saturated heterocycles. The molecule has 1 aliphatic heterocycles. The lowest BCUT2D eigenvalue weighted by molar-refractivity contribution is 0.378. The Morgan fingerprint density at radius 2 is 2.00 bits per heavy atom. The molecule has 1 aliphatic rings. The maximum absolute atomic E-state index is 12.6. The predicted octanol–water partition coefficient (Wildman–Crippen LogP) is 2.51. The Labute approximate surface area is 130 Å². The molecule has 1 fully saturated rings. The smallest absolute Gasteiger partial charge is 0.218 e. The zero-order valence-electron chi connectivity index (χ0n) is 11.3. The molecule has 0 bridgehead atoms. The van der Waals surface area contributed by atoms with Crippen molar-refractivity contribution in [2.75, 3.05) is 20.1 Å². The number of nitrogens with one attached hydrogen (secondary N) is 1. The van der Waals surface area contributed by atoms with Crippen molar-refractivity contribution in [3.05, 3.63) is 33.8 Å². The quantitative estimate of drug-likeness (QED) is 0.898. The van der Waals surface area contributed by atoms with E-state index in [-0.39, 0.29) is 11.8 Å². The van der Waals surface area contributed by atoms with Gasteiger partial charge in [0.05, 0.1) is 5.75 Å². The third-order valence-electron chi connectivity index (χ3n) is 3.51. The van der Waals surface area contributed by atoms with Gasteiger partial charge in [-0.15, -0.1) is 0 Å². The molecule has 7 heteroatoms. The molecule has 2 rings (SSSR count). The summed E-state index contributed by atoms with van der Waals surface area (Å²) < 4.78 is 26.7. The second-order valence-corrected chi connectivity index (χ2v) is 7.66. The first-order valence-electron chi connectivity index (χ1n) is 6.52. The zero-order chi connectivity index (χ0) is 14.8. The first-order chi connectivity index (χ1) is 9.45. The van der Waals surface area contributed by atoms with Gasteiger partial charge in [-0.2, -0.15) is 4.31 Å². The topological polar surface area (TPSA) is 49.4 Å². The Morgan fingerprint density at radius 1 is 1.35 bits per heavy atom. The van der Waals surface area contributed by atoms with E-state index in [4.69, 9.17) is 23.2 Å². The van der Waals surface area contributed by atoms with Gasteiger partial charge in [-0.05, 0) is 32.0 Å². The van der Waals surface area contributed by atoms with Crippen LogP contribution in [0, 0.1) is 0 Å². The van der Waals surface area contributed by atoms with Gasteiger partial charge in [0.2, 0.25) is 10.0 Å².